The number of aliphatic hydroxyl groups is 1. The average molecular weight is 282 g/mol. The molecule has 2 fully saturated rings. The highest BCUT2D eigenvalue weighted by Crippen LogP contribution is 2.37. The summed E-state index contributed by atoms with van der Waals surface area (Å²) in [5.41, 5.74) is 0.00190. The van der Waals surface area contributed by atoms with Crippen LogP contribution in [0.3, 0.4) is 0 Å². The minimum atomic E-state index is 0.00190. The van der Waals surface area contributed by atoms with Crippen LogP contribution in [0.4, 0.5) is 0 Å². The summed E-state index contributed by atoms with van der Waals surface area (Å²) in [6, 6.07) is 0.797. The maximum atomic E-state index is 9.75. The molecule has 0 bridgehead atoms. The van der Waals surface area contributed by atoms with Gasteiger partial charge in [0, 0.05) is 11.6 Å². The Morgan fingerprint density at radius 1 is 1.20 bits per heavy atom. The second kappa shape index (κ2) is 7.24. The SMILES string of the molecule is CNC1(CO)CCCC1CCN(C)C1CCC(C)CC1. The summed E-state index contributed by atoms with van der Waals surface area (Å²) in [5.74, 6) is 1.57. The van der Waals surface area contributed by atoms with E-state index in [1.807, 2.05) is 7.05 Å². The predicted molar refractivity (Wildman–Crippen MR) is 84.9 cm³/mol. The Labute approximate surface area is 125 Å². The molecule has 118 valence electrons. The van der Waals surface area contributed by atoms with Gasteiger partial charge in [-0.1, -0.05) is 13.3 Å². The Kier molecular flexibility index (Phi) is 5.88. The van der Waals surface area contributed by atoms with Gasteiger partial charge in [0.15, 0.2) is 0 Å². The summed E-state index contributed by atoms with van der Waals surface area (Å²) >= 11 is 0. The molecule has 3 heteroatoms. The summed E-state index contributed by atoms with van der Waals surface area (Å²) in [5, 5.41) is 13.2. The lowest BCUT2D eigenvalue weighted by molar-refractivity contribution is 0.108. The van der Waals surface area contributed by atoms with Crippen molar-refractivity contribution in [2.45, 2.75) is 69.9 Å². The summed E-state index contributed by atoms with van der Waals surface area (Å²) in [6.07, 6.45) is 10.4. The molecule has 0 aromatic heterocycles. The molecule has 0 heterocycles. The molecule has 2 unspecified atom stereocenters. The van der Waals surface area contributed by atoms with E-state index in [1.165, 1.54) is 51.5 Å². The van der Waals surface area contributed by atoms with Gasteiger partial charge < -0.3 is 15.3 Å². The summed E-state index contributed by atoms with van der Waals surface area (Å²) in [7, 11) is 4.32. The lowest BCUT2D eigenvalue weighted by Crippen LogP contribution is -2.50. The van der Waals surface area contributed by atoms with E-state index in [1.54, 1.807) is 0 Å². The van der Waals surface area contributed by atoms with Crippen molar-refractivity contribution in [1.29, 1.82) is 0 Å². The molecule has 2 saturated carbocycles. The lowest BCUT2D eigenvalue weighted by atomic mass is 9.84. The first-order valence-corrected chi connectivity index (χ1v) is 8.61. The molecule has 0 amide bonds. The number of nitrogens with zero attached hydrogens (tertiary/aromatic N) is 1. The van der Waals surface area contributed by atoms with Gasteiger partial charge in [0.25, 0.3) is 0 Å². The molecule has 0 aromatic carbocycles. The van der Waals surface area contributed by atoms with Crippen LogP contribution in [0.1, 0.15) is 58.3 Å². The van der Waals surface area contributed by atoms with Crippen LogP contribution in [-0.4, -0.2) is 48.8 Å². The van der Waals surface area contributed by atoms with Gasteiger partial charge in [-0.3, -0.25) is 0 Å². The Morgan fingerprint density at radius 3 is 2.50 bits per heavy atom. The van der Waals surface area contributed by atoms with E-state index < -0.39 is 0 Å². The van der Waals surface area contributed by atoms with Crippen molar-refractivity contribution in [3.63, 3.8) is 0 Å². The van der Waals surface area contributed by atoms with Crippen LogP contribution in [0.15, 0.2) is 0 Å². The number of hydrogen-bond acceptors (Lipinski definition) is 3. The monoisotopic (exact) mass is 282 g/mol. The van der Waals surface area contributed by atoms with Gasteiger partial charge in [0.2, 0.25) is 0 Å². The summed E-state index contributed by atoms with van der Waals surface area (Å²) in [6.45, 7) is 3.86. The van der Waals surface area contributed by atoms with E-state index >= 15 is 0 Å². The van der Waals surface area contributed by atoms with E-state index in [2.05, 4.69) is 24.2 Å². The van der Waals surface area contributed by atoms with Gasteiger partial charge in [-0.15, -0.1) is 0 Å². The molecule has 2 atom stereocenters. The summed E-state index contributed by atoms with van der Waals surface area (Å²) < 4.78 is 0. The molecule has 2 N–H and O–H groups in total. The number of aliphatic hydroxyl groups excluding tert-OH is 1. The highest BCUT2D eigenvalue weighted by atomic mass is 16.3. The maximum Gasteiger partial charge on any atom is 0.0615 e. The Balaban J connectivity index is 1.79. The van der Waals surface area contributed by atoms with Gasteiger partial charge in [-0.05, 0) is 77.4 Å². The topological polar surface area (TPSA) is 35.5 Å². The molecule has 0 spiro atoms. The zero-order valence-corrected chi connectivity index (χ0v) is 13.7. The zero-order chi connectivity index (χ0) is 14.6. The second-order valence-electron chi connectivity index (χ2n) is 7.34. The van der Waals surface area contributed by atoms with Gasteiger partial charge in [-0.25, -0.2) is 0 Å². The van der Waals surface area contributed by atoms with Gasteiger partial charge in [-0.2, -0.15) is 0 Å². The normalized spacial score (nSPS) is 38.5. The van der Waals surface area contributed by atoms with Gasteiger partial charge in [0.1, 0.15) is 0 Å². The lowest BCUT2D eigenvalue weighted by Gasteiger charge is -2.37. The quantitative estimate of drug-likeness (QED) is 0.786. The first-order chi connectivity index (χ1) is 9.61. The molecular weight excluding hydrogens is 248 g/mol. The fourth-order valence-electron chi connectivity index (χ4n) is 4.41. The van der Waals surface area contributed by atoms with Crippen LogP contribution in [0.25, 0.3) is 0 Å². The van der Waals surface area contributed by atoms with E-state index in [0.717, 1.165) is 18.4 Å². The van der Waals surface area contributed by atoms with Crippen molar-refractivity contribution in [2.75, 3.05) is 27.2 Å². The Hall–Kier alpha value is -0.120. The minimum absolute atomic E-state index is 0.00190. The molecule has 0 radical (unpaired) electrons. The molecule has 0 saturated heterocycles. The van der Waals surface area contributed by atoms with Crippen LogP contribution in [0, 0.1) is 11.8 Å². The fourth-order valence-corrected chi connectivity index (χ4v) is 4.41. The van der Waals surface area contributed by atoms with Crippen LogP contribution in [0.5, 0.6) is 0 Å². The second-order valence-corrected chi connectivity index (χ2v) is 7.34. The number of rotatable bonds is 6. The van der Waals surface area contributed by atoms with Gasteiger partial charge in [0.05, 0.1) is 6.61 Å². The van der Waals surface area contributed by atoms with Crippen molar-refractivity contribution in [3.8, 4) is 0 Å². The average Bonchev–Trinajstić information content (AvgIpc) is 2.89. The molecular formula is C17H34N2O. The van der Waals surface area contributed by atoms with E-state index in [0.29, 0.717) is 12.5 Å². The van der Waals surface area contributed by atoms with Crippen LogP contribution in [-0.2, 0) is 0 Å². The Bertz CT molecular complexity index is 283. The molecule has 2 rings (SSSR count). The van der Waals surface area contributed by atoms with Crippen molar-refractivity contribution >= 4 is 0 Å². The van der Waals surface area contributed by atoms with Crippen LogP contribution >= 0.6 is 0 Å². The van der Waals surface area contributed by atoms with Crippen LogP contribution < -0.4 is 5.32 Å². The van der Waals surface area contributed by atoms with Gasteiger partial charge >= 0.3 is 0 Å². The van der Waals surface area contributed by atoms with Crippen molar-refractivity contribution < 1.29 is 5.11 Å². The maximum absolute atomic E-state index is 9.75. The smallest absolute Gasteiger partial charge is 0.0615 e. The molecule has 2 aliphatic rings. The fraction of sp³-hybridized carbons (Fsp3) is 1.00. The first kappa shape index (κ1) is 16.3. The number of hydrogen-bond donors (Lipinski definition) is 2. The largest absolute Gasteiger partial charge is 0.394 e. The standard InChI is InChI=1S/C17H34N2O/c1-14-6-8-16(9-7-14)19(3)12-10-15-5-4-11-17(15,13-20)18-2/h14-16,18,20H,4-13H2,1-3H3. The third-order valence-electron chi connectivity index (χ3n) is 6.18. The van der Waals surface area contributed by atoms with Crippen LogP contribution in [0.2, 0.25) is 0 Å². The predicted octanol–water partition coefficient (Wildman–Crippen LogP) is 2.64. The molecule has 0 aliphatic heterocycles. The highest BCUT2D eigenvalue weighted by molar-refractivity contribution is 4.98. The molecule has 20 heavy (non-hydrogen) atoms. The molecule has 3 nitrogen and oxygen atoms in total. The highest BCUT2D eigenvalue weighted by Gasteiger charge is 2.40. The molecule has 2 aliphatic carbocycles. The van der Waals surface area contributed by atoms with E-state index in [9.17, 15) is 5.11 Å². The van der Waals surface area contributed by atoms with Crippen molar-refractivity contribution in [1.82, 2.24) is 10.2 Å². The minimum Gasteiger partial charge on any atom is -0.394 e. The third-order valence-corrected chi connectivity index (χ3v) is 6.18. The number of nitrogens with one attached hydrogen (secondary N) is 1. The Morgan fingerprint density at radius 2 is 1.90 bits per heavy atom. The molecule has 0 aromatic rings. The first-order valence-electron chi connectivity index (χ1n) is 8.61. The van der Waals surface area contributed by atoms with E-state index in [-0.39, 0.29) is 5.54 Å². The summed E-state index contributed by atoms with van der Waals surface area (Å²) in [4.78, 5) is 2.59. The van der Waals surface area contributed by atoms with Crippen molar-refractivity contribution in [3.05, 3.63) is 0 Å². The zero-order valence-electron chi connectivity index (χ0n) is 13.7. The van der Waals surface area contributed by atoms with Crippen molar-refractivity contribution in [2.24, 2.45) is 11.8 Å². The number of likely N-dealkylation sites (N-methyl/N-ethyl adjacent to an activating group) is 1. The van der Waals surface area contributed by atoms with E-state index in [4.69, 9.17) is 0 Å². The third kappa shape index (κ3) is 3.55.